The molecule has 0 fully saturated rings. The van der Waals surface area contributed by atoms with Crippen LogP contribution in [0.15, 0.2) is 53.5 Å². The molecule has 1 amide bonds. The quantitative estimate of drug-likeness (QED) is 0.249. The molecule has 168 valence electrons. The molecule has 1 aliphatic heterocycles. The van der Waals surface area contributed by atoms with Crippen molar-refractivity contribution >= 4 is 35.8 Å². The zero-order chi connectivity index (χ0) is 21.3. The lowest BCUT2D eigenvalue weighted by molar-refractivity contribution is -0.132. The fourth-order valence-corrected chi connectivity index (χ4v) is 3.74. The number of hydrogen-bond donors (Lipinski definition) is 1. The van der Waals surface area contributed by atoms with Crippen LogP contribution in [0, 0.1) is 5.82 Å². The van der Waals surface area contributed by atoms with Gasteiger partial charge < -0.3 is 15.1 Å². The van der Waals surface area contributed by atoms with Crippen LogP contribution in [-0.4, -0.2) is 48.3 Å². The van der Waals surface area contributed by atoms with Crippen molar-refractivity contribution in [1.29, 1.82) is 0 Å². The highest BCUT2D eigenvalue weighted by atomic mass is 127. The minimum absolute atomic E-state index is 0. The van der Waals surface area contributed by atoms with Crippen LogP contribution in [0.2, 0.25) is 0 Å². The Kier molecular flexibility index (Phi) is 10.2. The first-order chi connectivity index (χ1) is 14.6. The Morgan fingerprint density at radius 2 is 1.97 bits per heavy atom. The van der Waals surface area contributed by atoms with E-state index in [4.69, 9.17) is 0 Å². The lowest BCUT2D eigenvalue weighted by Crippen LogP contribution is -2.38. The van der Waals surface area contributed by atoms with Gasteiger partial charge in [0.1, 0.15) is 5.82 Å². The number of amides is 1. The molecule has 0 aliphatic carbocycles. The van der Waals surface area contributed by atoms with Crippen molar-refractivity contribution in [2.75, 3.05) is 26.7 Å². The topological polar surface area (TPSA) is 47.9 Å². The Morgan fingerprint density at radius 3 is 2.71 bits per heavy atom. The number of benzene rings is 2. The molecule has 0 aromatic heterocycles. The Hall–Kier alpha value is -2.16. The van der Waals surface area contributed by atoms with E-state index in [1.165, 1.54) is 23.3 Å². The molecule has 5 nitrogen and oxygen atoms in total. The first kappa shape index (κ1) is 25.1. The molecule has 0 spiro atoms. The molecule has 0 saturated carbocycles. The number of hydrogen-bond acceptors (Lipinski definition) is 2. The number of fused-ring (bicyclic) bond motifs is 1. The van der Waals surface area contributed by atoms with Gasteiger partial charge >= 0.3 is 0 Å². The first-order valence-corrected chi connectivity index (χ1v) is 10.6. The molecule has 7 heteroatoms. The predicted molar refractivity (Wildman–Crippen MR) is 134 cm³/mol. The van der Waals surface area contributed by atoms with Crippen LogP contribution in [-0.2, 0) is 24.3 Å². The van der Waals surface area contributed by atoms with Crippen LogP contribution >= 0.6 is 24.0 Å². The number of nitrogens with one attached hydrogen (secondary N) is 1. The largest absolute Gasteiger partial charge is 0.357 e. The average Bonchev–Trinajstić information content (AvgIpc) is 2.75. The van der Waals surface area contributed by atoms with Gasteiger partial charge in [-0.25, -0.2) is 4.39 Å². The summed E-state index contributed by atoms with van der Waals surface area (Å²) in [5, 5.41) is 3.27. The van der Waals surface area contributed by atoms with Gasteiger partial charge in [0.05, 0.1) is 0 Å². The van der Waals surface area contributed by atoms with Crippen molar-refractivity contribution < 1.29 is 9.18 Å². The summed E-state index contributed by atoms with van der Waals surface area (Å²) in [5.74, 6) is 0.723. The van der Waals surface area contributed by atoms with E-state index >= 15 is 0 Å². The van der Waals surface area contributed by atoms with E-state index in [9.17, 15) is 9.18 Å². The van der Waals surface area contributed by atoms with Crippen LogP contribution < -0.4 is 5.32 Å². The molecule has 3 rings (SSSR count). The molecule has 1 N–H and O–H groups in total. The summed E-state index contributed by atoms with van der Waals surface area (Å²) in [7, 11) is 1.93. The second kappa shape index (κ2) is 12.6. The first-order valence-electron chi connectivity index (χ1n) is 10.6. The summed E-state index contributed by atoms with van der Waals surface area (Å²) >= 11 is 0. The van der Waals surface area contributed by atoms with Crippen LogP contribution in [0.5, 0.6) is 0 Å². The number of halogens is 2. The summed E-state index contributed by atoms with van der Waals surface area (Å²) in [4.78, 5) is 21.2. The van der Waals surface area contributed by atoms with E-state index in [1.807, 2.05) is 35.9 Å². The van der Waals surface area contributed by atoms with Gasteiger partial charge in [-0.15, -0.1) is 24.0 Å². The molecule has 2 aromatic rings. The van der Waals surface area contributed by atoms with Crippen LogP contribution in [0.1, 0.15) is 36.5 Å². The Bertz CT molecular complexity index is 889. The summed E-state index contributed by atoms with van der Waals surface area (Å²) in [6.07, 6.45) is 2.13. The molecular weight excluding hydrogens is 506 g/mol. The van der Waals surface area contributed by atoms with Gasteiger partial charge in [0.15, 0.2) is 5.96 Å². The Morgan fingerprint density at radius 1 is 1.19 bits per heavy atom. The molecule has 0 atom stereocenters. The highest BCUT2D eigenvalue weighted by Crippen LogP contribution is 2.19. The molecule has 1 heterocycles. The van der Waals surface area contributed by atoms with Gasteiger partial charge in [-0.2, -0.15) is 0 Å². The van der Waals surface area contributed by atoms with Crippen molar-refractivity contribution in [2.45, 2.75) is 39.3 Å². The predicted octanol–water partition coefficient (Wildman–Crippen LogP) is 4.21. The van der Waals surface area contributed by atoms with Gasteiger partial charge in [0.25, 0.3) is 0 Å². The number of guanidine groups is 1. The molecule has 1 aliphatic rings. The Labute approximate surface area is 201 Å². The van der Waals surface area contributed by atoms with E-state index < -0.39 is 0 Å². The molecule has 0 bridgehead atoms. The van der Waals surface area contributed by atoms with Crippen molar-refractivity contribution in [3.8, 4) is 0 Å². The van der Waals surface area contributed by atoms with Crippen LogP contribution in [0.3, 0.4) is 0 Å². The van der Waals surface area contributed by atoms with Gasteiger partial charge in [-0.1, -0.05) is 36.4 Å². The maximum Gasteiger partial charge on any atom is 0.222 e. The maximum absolute atomic E-state index is 13.4. The SMILES string of the molecule is CCNC(=NCCCC(=O)N1CCc2ccccc2C1)N(C)Cc1cccc(F)c1.I. The lowest BCUT2D eigenvalue weighted by atomic mass is 9.99. The van der Waals surface area contributed by atoms with E-state index in [2.05, 4.69) is 28.5 Å². The standard InChI is InChI=1S/C24H31FN4O.HI/c1-3-26-24(28(2)17-19-8-6-11-22(25)16-19)27-14-7-12-23(30)29-15-13-20-9-4-5-10-21(20)18-29;/h4-6,8-11,16H,3,7,12-15,17-18H2,1-2H3,(H,26,27);1H. The number of nitrogens with zero attached hydrogens (tertiary/aromatic N) is 3. The van der Waals surface area contributed by atoms with Crippen LogP contribution in [0.25, 0.3) is 0 Å². The summed E-state index contributed by atoms with van der Waals surface area (Å²) in [6, 6.07) is 14.9. The third-order valence-electron chi connectivity index (χ3n) is 5.30. The summed E-state index contributed by atoms with van der Waals surface area (Å²) in [6.45, 7) is 5.40. The molecule has 0 radical (unpaired) electrons. The zero-order valence-corrected chi connectivity index (χ0v) is 20.6. The minimum atomic E-state index is -0.235. The van der Waals surface area contributed by atoms with Crippen molar-refractivity contribution in [1.82, 2.24) is 15.1 Å². The number of rotatable bonds is 7. The van der Waals surface area contributed by atoms with E-state index in [0.717, 1.165) is 31.0 Å². The highest BCUT2D eigenvalue weighted by molar-refractivity contribution is 14.0. The third-order valence-corrected chi connectivity index (χ3v) is 5.30. The fourth-order valence-electron chi connectivity index (χ4n) is 3.74. The van der Waals surface area contributed by atoms with Crippen molar-refractivity contribution in [2.24, 2.45) is 4.99 Å². The van der Waals surface area contributed by atoms with Gasteiger partial charge in [-0.05, 0) is 48.6 Å². The second-order valence-electron chi connectivity index (χ2n) is 7.66. The summed E-state index contributed by atoms with van der Waals surface area (Å²) in [5.41, 5.74) is 3.50. The molecule has 2 aromatic carbocycles. The summed E-state index contributed by atoms with van der Waals surface area (Å²) < 4.78 is 13.4. The fraction of sp³-hybridized carbons (Fsp3) is 0.417. The molecule has 31 heavy (non-hydrogen) atoms. The van der Waals surface area contributed by atoms with Crippen LogP contribution in [0.4, 0.5) is 4.39 Å². The van der Waals surface area contributed by atoms with Gasteiger partial charge in [-0.3, -0.25) is 9.79 Å². The van der Waals surface area contributed by atoms with Gasteiger partial charge in [0, 0.05) is 46.2 Å². The van der Waals surface area contributed by atoms with E-state index in [1.54, 1.807) is 6.07 Å². The van der Waals surface area contributed by atoms with E-state index in [0.29, 0.717) is 32.5 Å². The van der Waals surface area contributed by atoms with E-state index in [-0.39, 0.29) is 35.7 Å². The van der Waals surface area contributed by atoms with Crippen molar-refractivity contribution in [3.63, 3.8) is 0 Å². The van der Waals surface area contributed by atoms with Gasteiger partial charge in [0.2, 0.25) is 5.91 Å². The maximum atomic E-state index is 13.4. The zero-order valence-electron chi connectivity index (χ0n) is 18.3. The number of carbonyl (C=O) groups excluding carboxylic acids is 1. The Balaban J connectivity index is 0.00000341. The third kappa shape index (κ3) is 7.48. The second-order valence-corrected chi connectivity index (χ2v) is 7.66. The highest BCUT2D eigenvalue weighted by Gasteiger charge is 2.19. The molecule has 0 unspecified atom stereocenters. The molecular formula is C24H32FIN4O. The average molecular weight is 538 g/mol. The molecule has 0 saturated heterocycles. The monoisotopic (exact) mass is 538 g/mol. The number of carbonyl (C=O) groups is 1. The minimum Gasteiger partial charge on any atom is -0.357 e. The number of aliphatic imine (C=N–C) groups is 1. The smallest absolute Gasteiger partial charge is 0.222 e. The van der Waals surface area contributed by atoms with Crippen molar-refractivity contribution in [3.05, 3.63) is 71.0 Å². The lowest BCUT2D eigenvalue weighted by Gasteiger charge is -2.29. The normalized spacial score (nSPS) is 13.3.